The molecule has 42 heavy (non-hydrogen) atoms. The largest absolute Gasteiger partial charge is 2.00 e. The summed E-state index contributed by atoms with van der Waals surface area (Å²) in [6, 6.07) is 6.79. The predicted molar refractivity (Wildman–Crippen MR) is 160 cm³/mol. The van der Waals surface area contributed by atoms with E-state index in [-0.39, 0.29) is 48.8 Å². The van der Waals surface area contributed by atoms with Crippen LogP contribution in [0.15, 0.2) is 35.3 Å². The first-order chi connectivity index (χ1) is 19.1. The van der Waals surface area contributed by atoms with Crippen LogP contribution in [0.25, 0.3) is 10.4 Å². The number of benzene rings is 1. The van der Waals surface area contributed by atoms with Crippen LogP contribution >= 0.6 is 11.3 Å². The van der Waals surface area contributed by atoms with Crippen molar-refractivity contribution in [2.45, 2.75) is 94.1 Å². The molecule has 0 aliphatic carbocycles. The quantitative estimate of drug-likeness (QED) is 0.106. The van der Waals surface area contributed by atoms with Crippen LogP contribution in [0, 0.1) is 54.8 Å². The summed E-state index contributed by atoms with van der Waals surface area (Å²) in [5.41, 5.74) is 6.78. The Hall–Kier alpha value is -1.70. The standard InChI is InChI=1S/C25H32F4N2O2S.C4H9.C2H3O.U/c1-5-16(4)6-7-17(12-15(2)3)24(32)31-23(30)20-10-8-18(33-25(27,28)29)13-21(20)22-11-9-19(14-26)34-22;1-4(2)3;1-2-3;/h8-11,13,15-17H,5-7,12,14H2,1-4H3,(H2,30,31,32);1-3H3;1H3;/q;2*-1;+2. The van der Waals surface area contributed by atoms with E-state index in [1.165, 1.54) is 31.3 Å². The number of aliphatic imine (C=N–C) groups is 1. The van der Waals surface area contributed by atoms with Gasteiger partial charge in [0.15, 0.2) is 0 Å². The van der Waals surface area contributed by atoms with Gasteiger partial charge in [-0.05, 0) is 61.4 Å². The Labute approximate surface area is 276 Å². The Morgan fingerprint density at radius 3 is 2.14 bits per heavy atom. The van der Waals surface area contributed by atoms with Gasteiger partial charge in [0.05, 0.1) is 0 Å². The molecule has 0 saturated heterocycles. The van der Waals surface area contributed by atoms with Gasteiger partial charge in [0.25, 0.3) is 5.91 Å². The van der Waals surface area contributed by atoms with E-state index in [9.17, 15) is 22.4 Å². The number of ether oxygens (including phenoxy) is 1. The Bertz CT molecular complexity index is 1090. The van der Waals surface area contributed by atoms with E-state index < -0.39 is 18.8 Å². The molecule has 1 aromatic heterocycles. The molecule has 2 aromatic rings. The topological polar surface area (TPSA) is 81.8 Å². The zero-order valence-corrected chi connectivity index (χ0v) is 30.8. The zero-order valence-electron chi connectivity index (χ0n) is 25.8. The van der Waals surface area contributed by atoms with Crippen molar-refractivity contribution in [2.75, 3.05) is 0 Å². The predicted octanol–water partition coefficient (Wildman–Crippen LogP) is 9.24. The molecule has 1 heterocycles. The van der Waals surface area contributed by atoms with E-state index in [1.807, 2.05) is 13.8 Å². The molecule has 11 heteroatoms. The minimum atomic E-state index is -4.87. The molecule has 0 spiro atoms. The van der Waals surface area contributed by atoms with Gasteiger partial charge < -0.3 is 21.2 Å². The monoisotopic (exact) mass is 838 g/mol. The number of alkyl halides is 4. The first-order valence-corrected chi connectivity index (χ1v) is 14.4. The van der Waals surface area contributed by atoms with Gasteiger partial charge in [-0.15, -0.1) is 24.5 Å². The van der Waals surface area contributed by atoms with Crippen molar-refractivity contribution in [3.8, 4) is 16.2 Å². The van der Waals surface area contributed by atoms with Crippen LogP contribution in [0.3, 0.4) is 0 Å². The summed E-state index contributed by atoms with van der Waals surface area (Å²) in [5.74, 6) is 1.04. The molecule has 2 unspecified atom stereocenters. The minimum absolute atomic E-state index is 0. The molecule has 0 radical (unpaired) electrons. The van der Waals surface area contributed by atoms with Gasteiger partial charge in [-0.25, -0.2) is 4.39 Å². The Morgan fingerprint density at radius 2 is 1.69 bits per heavy atom. The van der Waals surface area contributed by atoms with E-state index in [4.69, 9.17) is 10.5 Å². The summed E-state index contributed by atoms with van der Waals surface area (Å²) in [6.45, 7) is 15.2. The number of halogens is 4. The van der Waals surface area contributed by atoms with E-state index in [0.717, 1.165) is 30.2 Å². The molecule has 0 bridgehead atoms. The molecule has 5 nitrogen and oxygen atoms in total. The van der Waals surface area contributed by atoms with Gasteiger partial charge in [0.1, 0.15) is 18.3 Å². The van der Waals surface area contributed by atoms with Crippen LogP contribution in [0.2, 0.25) is 0 Å². The molecule has 234 valence electrons. The van der Waals surface area contributed by atoms with Gasteiger partial charge in [-0.1, -0.05) is 34.1 Å². The fourth-order valence-electron chi connectivity index (χ4n) is 3.61. The maximum atomic E-state index is 13.1. The number of hydrogen-bond acceptors (Lipinski definition) is 4. The van der Waals surface area contributed by atoms with Crippen molar-refractivity contribution in [1.82, 2.24) is 0 Å². The molecule has 2 rings (SSSR count). The summed E-state index contributed by atoms with van der Waals surface area (Å²) in [4.78, 5) is 26.8. The van der Waals surface area contributed by atoms with Crippen molar-refractivity contribution in [3.63, 3.8) is 0 Å². The average molecular weight is 839 g/mol. The fraction of sp³-hybridized carbons (Fsp3) is 0.548. The third-order valence-electron chi connectivity index (χ3n) is 5.60. The van der Waals surface area contributed by atoms with Crippen LogP contribution < -0.4 is 10.5 Å². The fourth-order valence-corrected chi connectivity index (χ4v) is 4.50. The molecule has 1 aromatic carbocycles. The van der Waals surface area contributed by atoms with Crippen LogP contribution in [0.5, 0.6) is 5.75 Å². The van der Waals surface area contributed by atoms with Crippen LogP contribution in [0.4, 0.5) is 17.6 Å². The first kappa shape index (κ1) is 42.4. The summed E-state index contributed by atoms with van der Waals surface area (Å²) in [6.07, 6.45) is -0.0924. The molecule has 0 fully saturated rings. The maximum Gasteiger partial charge on any atom is 2.00 e. The number of nitrogens with zero attached hydrogens (tertiary/aromatic N) is 1. The molecule has 1 amide bonds. The molecule has 0 aliphatic rings. The summed E-state index contributed by atoms with van der Waals surface area (Å²) < 4.78 is 55.4. The number of carbonyl (C=O) groups excluding carboxylic acids is 2. The molecular weight excluding hydrogens is 794 g/mol. The Kier molecular flexibility index (Phi) is 22.1. The van der Waals surface area contributed by atoms with Crippen molar-refractivity contribution in [1.29, 1.82) is 0 Å². The molecule has 2 atom stereocenters. The van der Waals surface area contributed by atoms with Crippen LogP contribution in [0.1, 0.15) is 91.5 Å². The van der Waals surface area contributed by atoms with E-state index in [1.54, 1.807) is 12.1 Å². The van der Waals surface area contributed by atoms with Crippen molar-refractivity contribution >= 4 is 29.4 Å². The molecular formula is C31H44F4N2O3SU. The summed E-state index contributed by atoms with van der Waals surface area (Å²) in [7, 11) is 0. The summed E-state index contributed by atoms with van der Waals surface area (Å²) in [5, 5.41) is 0. The normalized spacial score (nSPS) is 12.8. The Morgan fingerprint density at radius 1 is 1.12 bits per heavy atom. The zero-order chi connectivity index (χ0) is 31.8. The van der Waals surface area contributed by atoms with Crippen LogP contribution in [-0.2, 0) is 16.3 Å². The third kappa shape index (κ3) is 18.1. The first-order valence-electron chi connectivity index (χ1n) is 13.6. The average Bonchev–Trinajstić information content (AvgIpc) is 3.34. The number of amides is 1. The number of rotatable bonds is 11. The molecule has 0 aliphatic heterocycles. The van der Waals surface area contributed by atoms with Crippen LogP contribution in [-0.4, -0.2) is 24.4 Å². The number of nitrogens with two attached hydrogens (primary N) is 1. The van der Waals surface area contributed by atoms with E-state index >= 15 is 0 Å². The van der Waals surface area contributed by atoms with Gasteiger partial charge in [-0.3, -0.25) is 11.1 Å². The van der Waals surface area contributed by atoms with Gasteiger partial charge >= 0.3 is 37.5 Å². The van der Waals surface area contributed by atoms with E-state index in [0.29, 0.717) is 45.6 Å². The van der Waals surface area contributed by atoms with Crippen molar-refractivity contribution in [3.05, 3.63) is 46.7 Å². The Balaban J connectivity index is 0. The van der Waals surface area contributed by atoms with E-state index in [2.05, 4.69) is 44.3 Å². The number of carbonyl (C=O) groups is 1. The molecule has 0 saturated carbocycles. The number of hydrogen-bond donors (Lipinski definition) is 1. The molecule has 2 N–H and O–H groups in total. The summed E-state index contributed by atoms with van der Waals surface area (Å²) >= 11 is 1.08. The second kappa shape index (κ2) is 21.9. The third-order valence-corrected chi connectivity index (χ3v) is 6.68. The van der Waals surface area contributed by atoms with Crippen molar-refractivity contribution < 1.29 is 63.0 Å². The second-order valence-electron chi connectivity index (χ2n) is 10.6. The minimum Gasteiger partial charge on any atom is -0.542 e. The smallest absolute Gasteiger partial charge is 0.542 e. The maximum absolute atomic E-state index is 13.1. The SMILES string of the molecule is CCC(C)CCC(CC(C)C)C(=O)N=C(N)c1ccc(OC(F)(F)F)cc1-c1ccc(CF)s1.C[C-](C)C.C[C-]=O.[U+2]. The van der Waals surface area contributed by atoms with Crippen molar-refractivity contribution in [2.24, 2.45) is 28.5 Å². The van der Waals surface area contributed by atoms with Gasteiger partial charge in [-0.2, -0.15) is 32.7 Å². The number of amidine groups is 1. The second-order valence-corrected chi connectivity index (χ2v) is 11.8. The van der Waals surface area contributed by atoms with Gasteiger partial charge in [0.2, 0.25) is 0 Å². The van der Waals surface area contributed by atoms with Gasteiger partial charge in [0, 0.05) is 26.8 Å². The number of thiophene rings is 1.